The van der Waals surface area contributed by atoms with E-state index in [9.17, 15) is 9.59 Å². The number of aromatic carboxylic acids is 1. The van der Waals surface area contributed by atoms with Crippen LogP contribution in [0.25, 0.3) is 0 Å². The molecule has 0 aromatic heterocycles. The lowest BCUT2D eigenvalue weighted by Gasteiger charge is -2.13. The van der Waals surface area contributed by atoms with Gasteiger partial charge in [-0.1, -0.05) is 11.6 Å². The molecule has 3 rings (SSSR count). The summed E-state index contributed by atoms with van der Waals surface area (Å²) < 4.78 is 10.9. The summed E-state index contributed by atoms with van der Waals surface area (Å²) in [4.78, 5) is 24.3. The highest BCUT2D eigenvalue weighted by atomic mass is 35.5. The van der Waals surface area contributed by atoms with Crippen molar-refractivity contribution in [3.63, 3.8) is 0 Å². The lowest BCUT2D eigenvalue weighted by molar-refractivity contribution is 0.0697. The monoisotopic (exact) mass is 361 g/mol. The van der Waals surface area contributed by atoms with Gasteiger partial charge in [-0.25, -0.2) is 9.59 Å². The second-order valence-corrected chi connectivity index (χ2v) is 6.00. The first kappa shape index (κ1) is 17.1. The van der Waals surface area contributed by atoms with E-state index in [2.05, 4.69) is 0 Å². The molecule has 1 N–H and O–H groups in total. The van der Waals surface area contributed by atoms with Gasteiger partial charge >= 0.3 is 12.1 Å². The molecule has 0 saturated carbocycles. The summed E-state index contributed by atoms with van der Waals surface area (Å²) in [7, 11) is 0. The summed E-state index contributed by atoms with van der Waals surface area (Å²) in [5.41, 5.74) is 0.942. The van der Waals surface area contributed by atoms with Crippen LogP contribution in [0.3, 0.4) is 0 Å². The third-order valence-electron chi connectivity index (χ3n) is 3.82. The molecule has 2 aromatic rings. The van der Waals surface area contributed by atoms with Crippen molar-refractivity contribution in [2.75, 3.05) is 18.1 Å². The summed E-state index contributed by atoms with van der Waals surface area (Å²) in [5.74, 6) is -0.407. The predicted octanol–water partition coefficient (Wildman–Crippen LogP) is 3.83. The maximum absolute atomic E-state index is 12.0. The van der Waals surface area contributed by atoms with Crippen LogP contribution in [0, 0.1) is 0 Å². The molecular weight excluding hydrogens is 346 g/mol. The Kier molecular flexibility index (Phi) is 5.09. The first-order valence-electron chi connectivity index (χ1n) is 7.73. The molecule has 25 heavy (non-hydrogen) atoms. The largest absolute Gasteiger partial charge is 0.493 e. The lowest BCUT2D eigenvalue weighted by atomic mass is 10.2. The van der Waals surface area contributed by atoms with Crippen LogP contribution in [-0.2, 0) is 4.74 Å². The molecule has 1 amide bonds. The fraction of sp³-hybridized carbons (Fsp3) is 0.222. The molecule has 0 spiro atoms. The van der Waals surface area contributed by atoms with Gasteiger partial charge in [-0.3, -0.25) is 4.90 Å². The zero-order chi connectivity index (χ0) is 17.8. The number of ether oxygens (including phenoxy) is 2. The molecule has 1 unspecified atom stereocenters. The number of anilines is 1. The Hall–Kier alpha value is -2.73. The van der Waals surface area contributed by atoms with Crippen LogP contribution in [0.1, 0.15) is 16.8 Å². The zero-order valence-corrected chi connectivity index (χ0v) is 14.0. The van der Waals surface area contributed by atoms with E-state index in [1.54, 1.807) is 41.3 Å². The van der Waals surface area contributed by atoms with E-state index in [1.165, 1.54) is 12.1 Å². The topological polar surface area (TPSA) is 76.1 Å². The number of carbonyl (C=O) groups is 2. The molecule has 130 valence electrons. The van der Waals surface area contributed by atoms with Gasteiger partial charge < -0.3 is 14.6 Å². The first-order valence-corrected chi connectivity index (χ1v) is 8.10. The summed E-state index contributed by atoms with van der Waals surface area (Å²) >= 11 is 5.85. The highest BCUT2D eigenvalue weighted by Crippen LogP contribution is 2.24. The van der Waals surface area contributed by atoms with Crippen molar-refractivity contribution >= 4 is 29.4 Å². The van der Waals surface area contributed by atoms with E-state index >= 15 is 0 Å². The Morgan fingerprint density at radius 1 is 1.20 bits per heavy atom. The van der Waals surface area contributed by atoms with E-state index < -0.39 is 12.1 Å². The molecule has 0 aliphatic carbocycles. The van der Waals surface area contributed by atoms with Crippen LogP contribution in [0.15, 0.2) is 48.5 Å². The van der Waals surface area contributed by atoms with Crippen LogP contribution in [0.5, 0.6) is 5.75 Å². The highest BCUT2D eigenvalue weighted by molar-refractivity contribution is 6.30. The molecule has 0 radical (unpaired) electrons. The number of carboxylic acid groups (broad SMARTS) is 1. The molecule has 1 aliphatic heterocycles. The van der Waals surface area contributed by atoms with Crippen LogP contribution in [0.2, 0.25) is 5.02 Å². The van der Waals surface area contributed by atoms with Gasteiger partial charge in [-0.15, -0.1) is 0 Å². The highest BCUT2D eigenvalue weighted by Gasteiger charge is 2.32. The number of nitrogens with zero attached hydrogens (tertiary/aromatic N) is 1. The van der Waals surface area contributed by atoms with Crippen molar-refractivity contribution in [2.45, 2.75) is 12.5 Å². The summed E-state index contributed by atoms with van der Waals surface area (Å²) in [6, 6.07) is 13.2. The van der Waals surface area contributed by atoms with Crippen LogP contribution in [0.4, 0.5) is 10.5 Å². The number of benzene rings is 2. The molecule has 1 aliphatic rings. The van der Waals surface area contributed by atoms with Gasteiger partial charge in [0.1, 0.15) is 11.9 Å². The number of hydrogen-bond donors (Lipinski definition) is 1. The molecular formula is C18H16ClNO5. The fourth-order valence-electron chi connectivity index (χ4n) is 2.51. The number of halogens is 1. The Balaban J connectivity index is 1.50. The van der Waals surface area contributed by atoms with E-state index in [0.29, 0.717) is 30.3 Å². The van der Waals surface area contributed by atoms with Gasteiger partial charge in [0.05, 0.1) is 18.7 Å². The van der Waals surface area contributed by atoms with Crippen molar-refractivity contribution in [3.8, 4) is 5.75 Å². The lowest BCUT2D eigenvalue weighted by Crippen LogP contribution is -2.24. The Labute approximate surface area is 149 Å². The van der Waals surface area contributed by atoms with E-state index in [-0.39, 0.29) is 11.7 Å². The van der Waals surface area contributed by atoms with Crippen LogP contribution >= 0.6 is 11.6 Å². The summed E-state index contributed by atoms with van der Waals surface area (Å²) in [6.45, 7) is 0.806. The normalized spacial score (nSPS) is 16.6. The SMILES string of the molecule is O=C(O)c1ccc(OCCC2CN(c3ccc(Cl)cc3)C(=O)O2)cc1. The van der Waals surface area contributed by atoms with Gasteiger partial charge in [-0.2, -0.15) is 0 Å². The number of carboxylic acids is 1. The molecule has 7 heteroatoms. The zero-order valence-electron chi connectivity index (χ0n) is 13.2. The van der Waals surface area contributed by atoms with Gasteiger partial charge in [-0.05, 0) is 48.5 Å². The van der Waals surface area contributed by atoms with Crippen molar-refractivity contribution in [1.82, 2.24) is 0 Å². The minimum absolute atomic E-state index is 0.204. The van der Waals surface area contributed by atoms with E-state index in [1.807, 2.05) is 0 Å². The summed E-state index contributed by atoms with van der Waals surface area (Å²) in [5, 5.41) is 9.46. The molecule has 0 bridgehead atoms. The number of rotatable bonds is 6. The van der Waals surface area contributed by atoms with Gasteiger partial charge in [0.2, 0.25) is 0 Å². The standard InChI is InChI=1S/C18H16ClNO5/c19-13-3-5-14(6-4-13)20-11-16(25-18(20)23)9-10-24-15-7-1-12(2-8-15)17(21)22/h1-8,16H,9-11H2,(H,21,22). The second kappa shape index (κ2) is 7.44. The molecule has 1 saturated heterocycles. The second-order valence-electron chi connectivity index (χ2n) is 5.56. The minimum Gasteiger partial charge on any atom is -0.493 e. The minimum atomic E-state index is -0.980. The molecule has 6 nitrogen and oxygen atoms in total. The van der Waals surface area contributed by atoms with Crippen molar-refractivity contribution in [2.24, 2.45) is 0 Å². The Morgan fingerprint density at radius 2 is 1.88 bits per heavy atom. The molecule has 1 fully saturated rings. The van der Waals surface area contributed by atoms with E-state index in [4.69, 9.17) is 26.2 Å². The van der Waals surface area contributed by atoms with Gasteiger partial charge in [0, 0.05) is 17.1 Å². The number of hydrogen-bond acceptors (Lipinski definition) is 4. The third-order valence-corrected chi connectivity index (χ3v) is 4.07. The summed E-state index contributed by atoms with van der Waals surface area (Å²) in [6.07, 6.45) is -0.115. The average molecular weight is 362 g/mol. The maximum Gasteiger partial charge on any atom is 0.414 e. The average Bonchev–Trinajstić information content (AvgIpc) is 2.97. The maximum atomic E-state index is 12.0. The van der Waals surface area contributed by atoms with Gasteiger partial charge in [0.15, 0.2) is 0 Å². The molecule has 2 aromatic carbocycles. The third kappa shape index (κ3) is 4.22. The predicted molar refractivity (Wildman–Crippen MR) is 92.6 cm³/mol. The Morgan fingerprint density at radius 3 is 2.52 bits per heavy atom. The smallest absolute Gasteiger partial charge is 0.414 e. The molecule has 1 heterocycles. The van der Waals surface area contributed by atoms with Gasteiger partial charge in [0.25, 0.3) is 0 Å². The van der Waals surface area contributed by atoms with Crippen LogP contribution in [-0.4, -0.2) is 36.4 Å². The number of cyclic esters (lactones) is 1. The Bertz CT molecular complexity index is 760. The van der Waals surface area contributed by atoms with Crippen LogP contribution < -0.4 is 9.64 Å². The number of carbonyl (C=O) groups excluding carboxylic acids is 1. The molecule has 1 atom stereocenters. The van der Waals surface area contributed by atoms with Crippen molar-refractivity contribution in [3.05, 3.63) is 59.1 Å². The quantitative estimate of drug-likeness (QED) is 0.846. The fourth-order valence-corrected chi connectivity index (χ4v) is 2.63. The number of amides is 1. The first-order chi connectivity index (χ1) is 12.0. The van der Waals surface area contributed by atoms with E-state index in [0.717, 1.165) is 5.69 Å². The van der Waals surface area contributed by atoms with Crippen molar-refractivity contribution in [1.29, 1.82) is 0 Å². The van der Waals surface area contributed by atoms with Crippen molar-refractivity contribution < 1.29 is 24.2 Å².